The SMILES string of the molecule is COc1nc(CNC(=O)c2cnn(-c3ccccc3)c2C)nc(N2CCCC2)n1. The van der Waals surface area contributed by atoms with Crippen LogP contribution in [-0.4, -0.2) is 50.8 Å². The van der Waals surface area contributed by atoms with Gasteiger partial charge in [-0.3, -0.25) is 4.79 Å². The molecule has 0 unspecified atom stereocenters. The second-order valence-electron chi connectivity index (χ2n) is 6.81. The van der Waals surface area contributed by atoms with Gasteiger partial charge in [0.2, 0.25) is 5.95 Å². The van der Waals surface area contributed by atoms with Crippen LogP contribution in [0.1, 0.15) is 34.7 Å². The summed E-state index contributed by atoms with van der Waals surface area (Å²) in [6, 6.07) is 9.94. The van der Waals surface area contributed by atoms with Crippen molar-refractivity contribution in [1.82, 2.24) is 30.0 Å². The highest BCUT2D eigenvalue weighted by molar-refractivity contribution is 5.95. The van der Waals surface area contributed by atoms with Crippen LogP contribution in [0.4, 0.5) is 5.95 Å². The second kappa shape index (κ2) is 8.26. The molecular weight excluding hydrogens is 370 g/mol. The molecule has 0 atom stereocenters. The molecule has 3 heterocycles. The molecule has 1 fully saturated rings. The number of rotatable bonds is 6. The summed E-state index contributed by atoms with van der Waals surface area (Å²) in [5, 5.41) is 7.21. The van der Waals surface area contributed by atoms with E-state index in [2.05, 4.69) is 30.3 Å². The summed E-state index contributed by atoms with van der Waals surface area (Å²) < 4.78 is 6.95. The number of amides is 1. The molecule has 2 aromatic heterocycles. The topological polar surface area (TPSA) is 98.1 Å². The van der Waals surface area contributed by atoms with Crippen molar-refractivity contribution in [2.45, 2.75) is 26.3 Å². The lowest BCUT2D eigenvalue weighted by atomic mass is 10.2. The number of nitrogens with one attached hydrogen (secondary N) is 1. The monoisotopic (exact) mass is 393 g/mol. The first-order valence-electron chi connectivity index (χ1n) is 9.58. The van der Waals surface area contributed by atoms with Crippen LogP contribution < -0.4 is 15.0 Å². The van der Waals surface area contributed by atoms with Gasteiger partial charge in [-0.1, -0.05) is 18.2 Å². The summed E-state index contributed by atoms with van der Waals surface area (Å²) in [6.07, 6.45) is 3.80. The molecule has 9 heteroatoms. The van der Waals surface area contributed by atoms with Crippen molar-refractivity contribution in [3.05, 3.63) is 53.6 Å². The van der Waals surface area contributed by atoms with E-state index in [4.69, 9.17) is 4.74 Å². The number of ether oxygens (including phenoxy) is 1. The smallest absolute Gasteiger partial charge is 0.321 e. The van der Waals surface area contributed by atoms with Gasteiger partial charge in [0, 0.05) is 13.1 Å². The van der Waals surface area contributed by atoms with Gasteiger partial charge in [0.25, 0.3) is 5.91 Å². The van der Waals surface area contributed by atoms with E-state index >= 15 is 0 Å². The normalized spacial score (nSPS) is 13.5. The van der Waals surface area contributed by atoms with Gasteiger partial charge in [-0.2, -0.15) is 20.1 Å². The van der Waals surface area contributed by atoms with Gasteiger partial charge in [-0.05, 0) is 31.9 Å². The molecular formula is C20H23N7O2. The average Bonchev–Trinajstić information content (AvgIpc) is 3.42. The van der Waals surface area contributed by atoms with Crippen LogP contribution in [0.5, 0.6) is 6.01 Å². The quantitative estimate of drug-likeness (QED) is 0.683. The van der Waals surface area contributed by atoms with Gasteiger partial charge in [0.05, 0.1) is 36.8 Å². The predicted octanol–water partition coefficient (Wildman–Crippen LogP) is 1.90. The number of aromatic nitrogens is 5. The third-order valence-electron chi connectivity index (χ3n) is 4.88. The first-order valence-corrected chi connectivity index (χ1v) is 9.58. The summed E-state index contributed by atoms with van der Waals surface area (Å²) in [5.74, 6) is 0.818. The number of carbonyl (C=O) groups excluding carboxylic acids is 1. The van der Waals surface area contributed by atoms with E-state index in [-0.39, 0.29) is 18.5 Å². The van der Waals surface area contributed by atoms with E-state index in [0.29, 0.717) is 17.3 Å². The first-order chi connectivity index (χ1) is 14.2. The van der Waals surface area contributed by atoms with E-state index in [1.54, 1.807) is 10.9 Å². The zero-order chi connectivity index (χ0) is 20.2. The lowest BCUT2D eigenvalue weighted by molar-refractivity contribution is 0.0949. The lowest BCUT2D eigenvalue weighted by Crippen LogP contribution is -2.26. The van der Waals surface area contributed by atoms with Crippen molar-refractivity contribution < 1.29 is 9.53 Å². The summed E-state index contributed by atoms with van der Waals surface area (Å²) in [5.41, 5.74) is 2.18. The third kappa shape index (κ3) is 4.03. The molecule has 0 bridgehead atoms. The van der Waals surface area contributed by atoms with Crippen molar-refractivity contribution in [3.8, 4) is 11.7 Å². The molecule has 0 aliphatic carbocycles. The third-order valence-corrected chi connectivity index (χ3v) is 4.88. The van der Waals surface area contributed by atoms with Gasteiger partial charge in [-0.15, -0.1) is 0 Å². The van der Waals surface area contributed by atoms with E-state index in [1.165, 1.54) is 7.11 Å². The highest BCUT2D eigenvalue weighted by Gasteiger charge is 2.19. The zero-order valence-electron chi connectivity index (χ0n) is 16.5. The van der Waals surface area contributed by atoms with Crippen molar-refractivity contribution in [2.75, 3.05) is 25.1 Å². The molecule has 1 aliphatic heterocycles. The average molecular weight is 393 g/mol. The van der Waals surface area contributed by atoms with Crippen LogP contribution in [-0.2, 0) is 6.54 Å². The second-order valence-corrected chi connectivity index (χ2v) is 6.81. The molecule has 1 saturated heterocycles. The Morgan fingerprint density at radius 3 is 2.62 bits per heavy atom. The van der Waals surface area contributed by atoms with Gasteiger partial charge in [-0.25, -0.2) is 4.68 Å². The van der Waals surface area contributed by atoms with Crippen LogP contribution in [0, 0.1) is 6.92 Å². The molecule has 150 valence electrons. The number of hydrogen-bond donors (Lipinski definition) is 1. The Hall–Kier alpha value is -3.49. The summed E-state index contributed by atoms with van der Waals surface area (Å²) in [6.45, 7) is 3.87. The molecule has 4 rings (SSSR count). The van der Waals surface area contributed by atoms with Crippen LogP contribution in [0.2, 0.25) is 0 Å². The minimum Gasteiger partial charge on any atom is -0.467 e. The fourth-order valence-corrected chi connectivity index (χ4v) is 3.33. The number of hydrogen-bond acceptors (Lipinski definition) is 7. The number of carbonyl (C=O) groups is 1. The zero-order valence-corrected chi connectivity index (χ0v) is 16.5. The number of benzene rings is 1. The van der Waals surface area contributed by atoms with Crippen LogP contribution in [0.3, 0.4) is 0 Å². The van der Waals surface area contributed by atoms with Crippen LogP contribution in [0.15, 0.2) is 36.5 Å². The molecule has 0 saturated carbocycles. The Morgan fingerprint density at radius 2 is 1.90 bits per heavy atom. The molecule has 1 aromatic carbocycles. The first kappa shape index (κ1) is 18.9. The molecule has 3 aromatic rings. The predicted molar refractivity (Wildman–Crippen MR) is 107 cm³/mol. The summed E-state index contributed by atoms with van der Waals surface area (Å²) in [4.78, 5) is 27.9. The van der Waals surface area contributed by atoms with E-state index in [9.17, 15) is 4.79 Å². The number of para-hydroxylation sites is 1. The molecule has 1 N–H and O–H groups in total. The maximum absolute atomic E-state index is 12.7. The Morgan fingerprint density at radius 1 is 1.14 bits per heavy atom. The number of methoxy groups -OCH3 is 1. The van der Waals surface area contributed by atoms with Crippen LogP contribution >= 0.6 is 0 Å². The van der Waals surface area contributed by atoms with Crippen molar-refractivity contribution >= 4 is 11.9 Å². The minimum absolute atomic E-state index is 0.175. The van der Waals surface area contributed by atoms with Gasteiger partial charge in [0.15, 0.2) is 5.82 Å². The Bertz CT molecular complexity index is 997. The molecule has 29 heavy (non-hydrogen) atoms. The highest BCUT2D eigenvalue weighted by atomic mass is 16.5. The Balaban J connectivity index is 1.49. The number of nitrogens with zero attached hydrogens (tertiary/aromatic N) is 6. The Kier molecular flexibility index (Phi) is 5.37. The molecule has 1 amide bonds. The molecule has 0 spiro atoms. The van der Waals surface area contributed by atoms with Crippen LogP contribution in [0.25, 0.3) is 5.69 Å². The highest BCUT2D eigenvalue weighted by Crippen LogP contribution is 2.18. The summed E-state index contributed by atoms with van der Waals surface area (Å²) in [7, 11) is 1.52. The maximum atomic E-state index is 12.7. The summed E-state index contributed by atoms with van der Waals surface area (Å²) >= 11 is 0. The van der Waals surface area contributed by atoms with Crippen molar-refractivity contribution in [3.63, 3.8) is 0 Å². The molecule has 9 nitrogen and oxygen atoms in total. The van der Waals surface area contributed by atoms with E-state index in [1.807, 2.05) is 37.3 Å². The van der Waals surface area contributed by atoms with Gasteiger partial charge < -0.3 is 15.0 Å². The molecule has 1 aliphatic rings. The van der Waals surface area contributed by atoms with Gasteiger partial charge >= 0.3 is 6.01 Å². The maximum Gasteiger partial charge on any atom is 0.321 e. The van der Waals surface area contributed by atoms with Crippen molar-refractivity contribution in [2.24, 2.45) is 0 Å². The Labute approximate surface area is 168 Å². The van der Waals surface area contributed by atoms with E-state index in [0.717, 1.165) is 37.3 Å². The fraction of sp³-hybridized carbons (Fsp3) is 0.350. The largest absolute Gasteiger partial charge is 0.467 e. The van der Waals surface area contributed by atoms with Gasteiger partial charge in [0.1, 0.15) is 0 Å². The minimum atomic E-state index is -0.230. The van der Waals surface area contributed by atoms with Crippen molar-refractivity contribution in [1.29, 1.82) is 0 Å². The fourth-order valence-electron chi connectivity index (χ4n) is 3.33. The molecule has 0 radical (unpaired) electrons. The standard InChI is InChI=1S/C20H23N7O2/c1-14-16(12-22-27(14)15-8-4-3-5-9-15)18(28)21-13-17-23-19(25-20(24-17)29-2)26-10-6-7-11-26/h3-5,8-9,12H,6-7,10-11,13H2,1-2H3,(H,21,28). The van der Waals surface area contributed by atoms with E-state index < -0.39 is 0 Å². The lowest BCUT2D eigenvalue weighted by Gasteiger charge is -2.16. The number of anilines is 1.